The second-order valence-electron chi connectivity index (χ2n) is 6.29. The minimum Gasteiger partial charge on any atom is -0.478 e. The number of carbonyl (C=O) groups is 1. The van der Waals surface area contributed by atoms with Gasteiger partial charge in [0, 0.05) is 11.7 Å². The number of carboxylic acid groups (broad SMARTS) is 1. The molecule has 0 heterocycles. The molecule has 0 radical (unpaired) electrons. The summed E-state index contributed by atoms with van der Waals surface area (Å²) < 4.78 is 0. The van der Waals surface area contributed by atoms with Gasteiger partial charge in [-0.1, -0.05) is 38.3 Å². The summed E-state index contributed by atoms with van der Waals surface area (Å²) in [6.07, 6.45) is 4.79. The number of hydrogen-bond acceptors (Lipinski definition) is 2. The molecule has 1 aliphatic rings. The molecule has 2 N–H and O–H groups in total. The lowest BCUT2D eigenvalue weighted by Gasteiger charge is -2.39. The highest BCUT2D eigenvalue weighted by molar-refractivity contribution is 5.94. The van der Waals surface area contributed by atoms with E-state index in [1.807, 2.05) is 19.1 Å². The summed E-state index contributed by atoms with van der Waals surface area (Å²) in [6.45, 7) is 6.44. The molecule has 0 aromatic heterocycles. The van der Waals surface area contributed by atoms with Crippen LogP contribution in [0.4, 0.5) is 5.69 Å². The first-order valence-corrected chi connectivity index (χ1v) is 7.00. The fourth-order valence-electron chi connectivity index (χ4n) is 2.91. The van der Waals surface area contributed by atoms with E-state index in [1.165, 1.54) is 19.3 Å². The van der Waals surface area contributed by atoms with Gasteiger partial charge in [0.05, 0.1) is 5.56 Å². The van der Waals surface area contributed by atoms with E-state index in [0.29, 0.717) is 11.6 Å². The summed E-state index contributed by atoms with van der Waals surface area (Å²) in [7, 11) is 0. The summed E-state index contributed by atoms with van der Waals surface area (Å²) in [5, 5.41) is 12.8. The Hall–Kier alpha value is -1.51. The van der Waals surface area contributed by atoms with E-state index in [2.05, 4.69) is 19.2 Å². The average molecular weight is 261 g/mol. The van der Waals surface area contributed by atoms with Crippen LogP contribution < -0.4 is 5.32 Å². The molecule has 3 nitrogen and oxygen atoms in total. The molecule has 0 saturated heterocycles. The van der Waals surface area contributed by atoms with Gasteiger partial charge in [0.15, 0.2) is 0 Å². The molecule has 1 saturated carbocycles. The Kier molecular flexibility index (Phi) is 3.83. The maximum absolute atomic E-state index is 11.3. The summed E-state index contributed by atoms with van der Waals surface area (Å²) in [5.41, 5.74) is 2.32. The maximum atomic E-state index is 11.3. The smallest absolute Gasteiger partial charge is 0.337 e. The van der Waals surface area contributed by atoms with Crippen molar-refractivity contribution in [3.8, 4) is 0 Å². The van der Waals surface area contributed by atoms with Gasteiger partial charge in [-0.15, -0.1) is 0 Å². The molecule has 3 heteroatoms. The number of anilines is 1. The van der Waals surface area contributed by atoms with E-state index >= 15 is 0 Å². The quantitative estimate of drug-likeness (QED) is 0.862. The highest BCUT2D eigenvalue weighted by atomic mass is 16.4. The first-order valence-electron chi connectivity index (χ1n) is 7.00. The van der Waals surface area contributed by atoms with Gasteiger partial charge in [-0.3, -0.25) is 0 Å². The predicted octanol–water partition coefficient (Wildman–Crippen LogP) is 4.07. The van der Waals surface area contributed by atoms with Gasteiger partial charge in [-0.05, 0) is 37.3 Å². The molecule has 1 atom stereocenters. The Morgan fingerprint density at radius 3 is 2.74 bits per heavy atom. The summed E-state index contributed by atoms with van der Waals surface area (Å²) in [4.78, 5) is 11.3. The normalized spacial score (nSPS) is 21.9. The molecule has 1 unspecified atom stereocenters. The monoisotopic (exact) mass is 261 g/mol. The molecular weight excluding hydrogens is 238 g/mol. The predicted molar refractivity (Wildman–Crippen MR) is 77.8 cm³/mol. The molecule has 1 aliphatic carbocycles. The van der Waals surface area contributed by atoms with E-state index < -0.39 is 5.97 Å². The second-order valence-corrected chi connectivity index (χ2v) is 6.29. The Morgan fingerprint density at radius 1 is 1.37 bits per heavy atom. The lowest BCUT2D eigenvalue weighted by atomic mass is 9.73. The van der Waals surface area contributed by atoms with Crippen LogP contribution in [0.2, 0.25) is 0 Å². The molecule has 0 aliphatic heterocycles. The van der Waals surface area contributed by atoms with Crippen molar-refractivity contribution in [3.05, 3.63) is 29.3 Å². The van der Waals surface area contributed by atoms with E-state index in [1.54, 1.807) is 6.07 Å². The van der Waals surface area contributed by atoms with Crippen molar-refractivity contribution in [2.75, 3.05) is 5.32 Å². The maximum Gasteiger partial charge on any atom is 0.337 e. The van der Waals surface area contributed by atoms with Crippen molar-refractivity contribution in [3.63, 3.8) is 0 Å². The van der Waals surface area contributed by atoms with Gasteiger partial charge in [0.25, 0.3) is 0 Å². The minimum atomic E-state index is -0.861. The van der Waals surface area contributed by atoms with Crippen LogP contribution in [0.15, 0.2) is 18.2 Å². The average Bonchev–Trinajstić information content (AvgIpc) is 2.33. The SMILES string of the molecule is Cc1ccc(NC2CCCCC2(C)C)c(C(=O)O)c1. The number of nitrogens with one attached hydrogen (secondary N) is 1. The zero-order valence-electron chi connectivity index (χ0n) is 12.0. The molecule has 2 rings (SSSR count). The molecule has 19 heavy (non-hydrogen) atoms. The zero-order valence-corrected chi connectivity index (χ0v) is 12.0. The van der Waals surface area contributed by atoms with Gasteiger partial charge in [-0.2, -0.15) is 0 Å². The third kappa shape index (κ3) is 3.09. The van der Waals surface area contributed by atoms with Crippen LogP contribution in [0.5, 0.6) is 0 Å². The lowest BCUT2D eigenvalue weighted by Crippen LogP contribution is -2.39. The molecular formula is C16H23NO2. The van der Waals surface area contributed by atoms with Crippen LogP contribution in [-0.4, -0.2) is 17.1 Å². The van der Waals surface area contributed by atoms with Crippen molar-refractivity contribution >= 4 is 11.7 Å². The zero-order chi connectivity index (χ0) is 14.0. The summed E-state index contributed by atoms with van der Waals surface area (Å²) in [5.74, 6) is -0.861. The van der Waals surface area contributed by atoms with Crippen molar-refractivity contribution in [2.45, 2.75) is 52.5 Å². The first-order chi connectivity index (χ1) is 8.90. The van der Waals surface area contributed by atoms with E-state index in [0.717, 1.165) is 17.7 Å². The molecule has 1 aromatic rings. The largest absolute Gasteiger partial charge is 0.478 e. The number of aromatic carboxylic acids is 1. The third-order valence-corrected chi connectivity index (χ3v) is 4.24. The molecule has 104 valence electrons. The standard InChI is InChI=1S/C16H23NO2/c1-11-7-8-13(12(10-11)15(18)19)17-14-6-4-5-9-16(14,2)3/h7-8,10,14,17H,4-6,9H2,1-3H3,(H,18,19). The van der Waals surface area contributed by atoms with E-state index in [9.17, 15) is 9.90 Å². The number of aryl methyl sites for hydroxylation is 1. The minimum absolute atomic E-state index is 0.221. The fourth-order valence-corrected chi connectivity index (χ4v) is 2.91. The molecule has 0 amide bonds. The van der Waals surface area contributed by atoms with Crippen molar-refractivity contribution < 1.29 is 9.90 Å². The third-order valence-electron chi connectivity index (χ3n) is 4.24. The first kappa shape index (κ1) is 13.9. The van der Waals surface area contributed by atoms with E-state index in [4.69, 9.17) is 0 Å². The Morgan fingerprint density at radius 2 is 2.11 bits per heavy atom. The molecule has 1 fully saturated rings. The Bertz CT molecular complexity index is 480. The van der Waals surface area contributed by atoms with E-state index in [-0.39, 0.29) is 5.41 Å². The highest BCUT2D eigenvalue weighted by Gasteiger charge is 2.32. The van der Waals surface area contributed by atoms with Crippen LogP contribution >= 0.6 is 0 Å². The summed E-state index contributed by atoms with van der Waals surface area (Å²) >= 11 is 0. The van der Waals surface area contributed by atoms with Gasteiger partial charge in [0.1, 0.15) is 0 Å². The summed E-state index contributed by atoms with van der Waals surface area (Å²) in [6, 6.07) is 5.94. The highest BCUT2D eigenvalue weighted by Crippen LogP contribution is 2.37. The number of rotatable bonds is 3. The number of benzene rings is 1. The van der Waals surface area contributed by atoms with Crippen molar-refractivity contribution in [1.82, 2.24) is 0 Å². The van der Waals surface area contributed by atoms with Crippen molar-refractivity contribution in [1.29, 1.82) is 0 Å². The molecule has 0 bridgehead atoms. The van der Waals surface area contributed by atoms with Crippen LogP contribution in [-0.2, 0) is 0 Å². The Balaban J connectivity index is 2.25. The van der Waals surface area contributed by atoms with Crippen LogP contribution in [0, 0.1) is 12.3 Å². The number of hydrogen-bond donors (Lipinski definition) is 2. The Labute approximate surface area is 115 Å². The van der Waals surface area contributed by atoms with Crippen molar-refractivity contribution in [2.24, 2.45) is 5.41 Å². The fraction of sp³-hybridized carbons (Fsp3) is 0.562. The van der Waals surface area contributed by atoms with Crippen LogP contribution in [0.3, 0.4) is 0 Å². The van der Waals surface area contributed by atoms with Crippen LogP contribution in [0.1, 0.15) is 55.5 Å². The van der Waals surface area contributed by atoms with Gasteiger partial charge < -0.3 is 10.4 Å². The molecule has 0 spiro atoms. The lowest BCUT2D eigenvalue weighted by molar-refractivity contribution is 0.0697. The topological polar surface area (TPSA) is 49.3 Å². The van der Waals surface area contributed by atoms with Gasteiger partial charge in [-0.25, -0.2) is 4.79 Å². The van der Waals surface area contributed by atoms with Crippen LogP contribution in [0.25, 0.3) is 0 Å². The van der Waals surface area contributed by atoms with Gasteiger partial charge in [0.2, 0.25) is 0 Å². The second kappa shape index (κ2) is 5.24. The number of carboxylic acids is 1. The molecule has 1 aromatic carbocycles. The van der Waals surface area contributed by atoms with Gasteiger partial charge >= 0.3 is 5.97 Å².